The van der Waals surface area contributed by atoms with Gasteiger partial charge in [0, 0.05) is 24.7 Å². The predicted octanol–water partition coefficient (Wildman–Crippen LogP) is 3.66. The number of hydrogen-bond acceptors (Lipinski definition) is 3. The molecule has 3 aromatic rings. The molecule has 0 radical (unpaired) electrons. The summed E-state index contributed by atoms with van der Waals surface area (Å²) in [5, 5.41) is 8.17. The van der Waals surface area contributed by atoms with Crippen molar-refractivity contribution >= 4 is 23.1 Å². The van der Waals surface area contributed by atoms with Gasteiger partial charge in [0.05, 0.1) is 16.4 Å². The zero-order chi connectivity index (χ0) is 13.1. The van der Waals surface area contributed by atoms with Gasteiger partial charge in [0.15, 0.2) is 5.82 Å². The van der Waals surface area contributed by atoms with Crippen molar-refractivity contribution in [3.63, 3.8) is 0 Å². The lowest BCUT2D eigenvalue weighted by Gasteiger charge is -2.04. The summed E-state index contributed by atoms with van der Waals surface area (Å²) in [5.41, 5.74) is 1.80. The Morgan fingerprint density at radius 2 is 1.89 bits per heavy atom. The first kappa shape index (κ1) is 11.7. The normalized spacial score (nSPS) is 10.4. The highest BCUT2D eigenvalue weighted by Gasteiger charge is 2.03. The number of hydrogen-bond donors (Lipinski definition) is 1. The Bertz CT molecular complexity index is 679. The van der Waals surface area contributed by atoms with Crippen LogP contribution < -0.4 is 5.32 Å². The van der Waals surface area contributed by atoms with Gasteiger partial charge in [0.2, 0.25) is 0 Å². The SMILES string of the molecule is Clc1cnccc1Nc1ccn(-c2ccccc2)n1. The Hall–Kier alpha value is -2.33. The van der Waals surface area contributed by atoms with Crippen molar-refractivity contribution < 1.29 is 0 Å². The first-order valence-electron chi connectivity index (χ1n) is 5.80. The Balaban J connectivity index is 1.85. The number of anilines is 2. The van der Waals surface area contributed by atoms with Crippen LogP contribution in [0, 0.1) is 0 Å². The lowest BCUT2D eigenvalue weighted by Crippen LogP contribution is -1.97. The zero-order valence-corrected chi connectivity index (χ0v) is 10.7. The molecule has 3 rings (SSSR count). The molecule has 19 heavy (non-hydrogen) atoms. The smallest absolute Gasteiger partial charge is 0.152 e. The van der Waals surface area contributed by atoms with Crippen molar-refractivity contribution in [2.45, 2.75) is 0 Å². The van der Waals surface area contributed by atoms with Crippen LogP contribution in [0.1, 0.15) is 0 Å². The van der Waals surface area contributed by atoms with Crippen molar-refractivity contribution in [2.75, 3.05) is 5.32 Å². The first-order chi connectivity index (χ1) is 9.33. The molecule has 5 heteroatoms. The topological polar surface area (TPSA) is 42.7 Å². The van der Waals surface area contributed by atoms with Gasteiger partial charge in [-0.15, -0.1) is 0 Å². The number of rotatable bonds is 3. The van der Waals surface area contributed by atoms with Gasteiger partial charge in [0.25, 0.3) is 0 Å². The molecule has 2 aromatic heterocycles. The van der Waals surface area contributed by atoms with E-state index in [9.17, 15) is 0 Å². The number of para-hydroxylation sites is 1. The van der Waals surface area contributed by atoms with Gasteiger partial charge >= 0.3 is 0 Å². The van der Waals surface area contributed by atoms with Crippen molar-refractivity contribution in [1.82, 2.24) is 14.8 Å². The summed E-state index contributed by atoms with van der Waals surface area (Å²) >= 11 is 6.04. The maximum atomic E-state index is 6.04. The third-order valence-corrected chi connectivity index (χ3v) is 2.95. The van der Waals surface area contributed by atoms with E-state index >= 15 is 0 Å². The highest BCUT2D eigenvalue weighted by molar-refractivity contribution is 6.33. The van der Waals surface area contributed by atoms with Crippen LogP contribution in [-0.2, 0) is 0 Å². The molecule has 0 saturated heterocycles. The maximum absolute atomic E-state index is 6.04. The van der Waals surface area contributed by atoms with Crippen molar-refractivity contribution in [3.8, 4) is 5.69 Å². The minimum absolute atomic E-state index is 0.566. The van der Waals surface area contributed by atoms with Crippen LogP contribution in [0.2, 0.25) is 5.02 Å². The monoisotopic (exact) mass is 270 g/mol. The fourth-order valence-electron chi connectivity index (χ4n) is 1.73. The number of nitrogens with one attached hydrogen (secondary N) is 1. The van der Waals surface area contributed by atoms with Crippen LogP contribution in [-0.4, -0.2) is 14.8 Å². The molecule has 0 saturated carbocycles. The maximum Gasteiger partial charge on any atom is 0.152 e. The number of nitrogens with zero attached hydrogens (tertiary/aromatic N) is 3. The van der Waals surface area contributed by atoms with Crippen molar-refractivity contribution in [1.29, 1.82) is 0 Å². The molecule has 1 aromatic carbocycles. The lowest BCUT2D eigenvalue weighted by molar-refractivity contribution is 0.884. The second kappa shape index (κ2) is 5.12. The van der Waals surface area contributed by atoms with E-state index in [1.54, 1.807) is 17.1 Å². The molecule has 0 atom stereocenters. The molecule has 0 fully saturated rings. The molecule has 0 aliphatic carbocycles. The molecular formula is C14H11ClN4. The number of aromatic nitrogens is 3. The van der Waals surface area contributed by atoms with Gasteiger partial charge in [-0.3, -0.25) is 4.98 Å². The minimum atomic E-state index is 0.566. The third kappa shape index (κ3) is 2.58. The summed E-state index contributed by atoms with van der Waals surface area (Å²) in [4.78, 5) is 3.94. The summed E-state index contributed by atoms with van der Waals surface area (Å²) in [6.07, 6.45) is 5.17. The summed E-state index contributed by atoms with van der Waals surface area (Å²) in [7, 11) is 0. The summed E-state index contributed by atoms with van der Waals surface area (Å²) in [6, 6.07) is 13.6. The number of pyridine rings is 1. The molecule has 0 spiro atoms. The van der Waals surface area contributed by atoms with Crippen molar-refractivity contribution in [2.24, 2.45) is 0 Å². The predicted molar refractivity (Wildman–Crippen MR) is 76.1 cm³/mol. The molecule has 0 amide bonds. The Morgan fingerprint density at radius 1 is 1.05 bits per heavy atom. The highest BCUT2D eigenvalue weighted by Crippen LogP contribution is 2.23. The van der Waals surface area contributed by atoms with E-state index in [1.165, 1.54) is 0 Å². The van der Waals surface area contributed by atoms with Crippen molar-refractivity contribution in [3.05, 3.63) is 66.1 Å². The largest absolute Gasteiger partial charge is 0.337 e. The highest BCUT2D eigenvalue weighted by atomic mass is 35.5. The van der Waals surface area contributed by atoms with E-state index in [1.807, 2.05) is 48.7 Å². The lowest BCUT2D eigenvalue weighted by atomic mass is 10.3. The van der Waals surface area contributed by atoms with Gasteiger partial charge in [-0.05, 0) is 18.2 Å². The van der Waals surface area contributed by atoms with E-state index in [-0.39, 0.29) is 0 Å². The molecule has 0 unspecified atom stereocenters. The molecule has 94 valence electrons. The second-order valence-electron chi connectivity index (χ2n) is 3.96. The van der Waals surface area contributed by atoms with E-state index in [2.05, 4.69) is 15.4 Å². The van der Waals surface area contributed by atoms with Gasteiger partial charge in [0.1, 0.15) is 0 Å². The van der Waals surface area contributed by atoms with Gasteiger partial charge in [-0.25, -0.2) is 4.68 Å². The van der Waals surface area contributed by atoms with E-state index < -0.39 is 0 Å². The second-order valence-corrected chi connectivity index (χ2v) is 4.37. The van der Waals surface area contributed by atoms with E-state index in [0.29, 0.717) is 5.02 Å². The molecule has 1 N–H and O–H groups in total. The molecule has 4 nitrogen and oxygen atoms in total. The van der Waals surface area contributed by atoms with Crippen LogP contribution in [0.15, 0.2) is 61.1 Å². The summed E-state index contributed by atoms with van der Waals surface area (Å²) in [5.74, 6) is 0.733. The van der Waals surface area contributed by atoms with E-state index in [0.717, 1.165) is 17.2 Å². The minimum Gasteiger partial charge on any atom is -0.337 e. The average molecular weight is 271 g/mol. The van der Waals surface area contributed by atoms with Gasteiger partial charge < -0.3 is 5.32 Å². The molecule has 2 heterocycles. The number of benzene rings is 1. The van der Waals surface area contributed by atoms with Gasteiger partial charge in [-0.1, -0.05) is 29.8 Å². The van der Waals surface area contributed by atoms with Crippen LogP contribution >= 0.6 is 11.6 Å². The zero-order valence-electron chi connectivity index (χ0n) is 9.99. The molecule has 0 aliphatic rings. The standard InChI is InChI=1S/C14H11ClN4/c15-12-10-16-8-6-13(12)17-14-7-9-19(18-14)11-4-2-1-3-5-11/h1-10H,(H,16,17,18). The Morgan fingerprint density at radius 3 is 2.68 bits per heavy atom. The quantitative estimate of drug-likeness (QED) is 0.790. The van der Waals surface area contributed by atoms with Crippen LogP contribution in [0.25, 0.3) is 5.69 Å². The Labute approximate surface area is 115 Å². The van der Waals surface area contributed by atoms with Gasteiger partial charge in [-0.2, -0.15) is 5.10 Å². The fraction of sp³-hybridized carbons (Fsp3) is 0. The summed E-state index contributed by atoms with van der Waals surface area (Å²) in [6.45, 7) is 0. The first-order valence-corrected chi connectivity index (χ1v) is 6.18. The molecule has 0 bridgehead atoms. The van der Waals surface area contributed by atoms with Crippen LogP contribution in [0.4, 0.5) is 11.5 Å². The van der Waals surface area contributed by atoms with Crippen LogP contribution in [0.5, 0.6) is 0 Å². The molecular weight excluding hydrogens is 260 g/mol. The van der Waals surface area contributed by atoms with Crippen LogP contribution in [0.3, 0.4) is 0 Å². The summed E-state index contributed by atoms with van der Waals surface area (Å²) < 4.78 is 1.80. The fourth-order valence-corrected chi connectivity index (χ4v) is 1.90. The third-order valence-electron chi connectivity index (χ3n) is 2.65. The molecule has 0 aliphatic heterocycles. The van der Waals surface area contributed by atoms with E-state index in [4.69, 9.17) is 11.6 Å². The Kier molecular flexibility index (Phi) is 3.16. The average Bonchev–Trinajstić information content (AvgIpc) is 2.91. The number of halogens is 1.